The Morgan fingerprint density at radius 1 is 1.07 bits per heavy atom. The molecular weight excluding hydrogens is 377 g/mol. The summed E-state index contributed by atoms with van der Waals surface area (Å²) in [5, 5.41) is 3.86. The summed E-state index contributed by atoms with van der Waals surface area (Å²) < 4.78 is 67.4. The lowest BCUT2D eigenvalue weighted by atomic mass is 10.1. The van der Waals surface area contributed by atoms with E-state index >= 15 is 0 Å². The maximum Gasteiger partial charge on any atom is 0.433 e. The van der Waals surface area contributed by atoms with Crippen molar-refractivity contribution >= 4 is 11.8 Å². The molecule has 1 heterocycles. The number of rotatable bonds is 3. The second-order valence-electron chi connectivity index (χ2n) is 5.94. The Balaban J connectivity index is 1.99. The molecule has 0 atom stereocenters. The number of halogens is 5. The third-order valence-electron chi connectivity index (χ3n) is 3.89. The summed E-state index contributed by atoms with van der Waals surface area (Å²) >= 11 is 0. The molecule has 3 aromatic rings. The van der Waals surface area contributed by atoms with Crippen LogP contribution in [0, 0.1) is 25.1 Å². The maximum atomic E-state index is 13.9. The summed E-state index contributed by atoms with van der Waals surface area (Å²) in [6.07, 6.45) is -3.24. The zero-order valence-corrected chi connectivity index (χ0v) is 14.4. The number of aryl methyl sites for hydroxylation is 1. The highest BCUT2D eigenvalue weighted by Crippen LogP contribution is 2.31. The lowest BCUT2D eigenvalue weighted by Gasteiger charge is -2.10. The van der Waals surface area contributed by atoms with Crippen molar-refractivity contribution in [2.45, 2.75) is 13.1 Å². The van der Waals surface area contributed by atoms with E-state index in [9.17, 15) is 22.0 Å². The van der Waals surface area contributed by atoms with Gasteiger partial charge in [-0.1, -0.05) is 12.1 Å². The van der Waals surface area contributed by atoms with E-state index in [1.165, 1.54) is 37.3 Å². The van der Waals surface area contributed by atoms with Crippen LogP contribution in [0.25, 0.3) is 22.3 Å². The molecule has 8 heteroatoms. The van der Waals surface area contributed by atoms with Crippen LogP contribution in [0.2, 0.25) is 0 Å². The molecule has 0 aliphatic carbocycles. The van der Waals surface area contributed by atoms with Gasteiger partial charge in [-0.05, 0) is 55.0 Å². The van der Waals surface area contributed by atoms with E-state index in [0.29, 0.717) is 5.56 Å². The molecule has 2 aromatic carbocycles. The molecule has 0 aliphatic rings. The Kier molecular flexibility index (Phi) is 5.01. The third kappa shape index (κ3) is 3.93. The number of alkyl halides is 3. The summed E-state index contributed by atoms with van der Waals surface area (Å²) in [7, 11) is 0. The quantitative estimate of drug-likeness (QED) is 0.311. The minimum Gasteiger partial charge on any atom is -0.237 e. The first kappa shape index (κ1) is 19.3. The first-order chi connectivity index (χ1) is 13.2. The number of hydrogen-bond donors (Lipinski definition) is 0. The van der Waals surface area contributed by atoms with Crippen LogP contribution >= 0.6 is 0 Å². The molecule has 0 radical (unpaired) electrons. The van der Waals surface area contributed by atoms with Gasteiger partial charge >= 0.3 is 6.18 Å². The van der Waals surface area contributed by atoms with Gasteiger partial charge in [0.25, 0.3) is 0 Å². The number of aromatic nitrogens is 2. The Labute approximate surface area is 157 Å². The zero-order valence-electron chi connectivity index (χ0n) is 14.4. The highest BCUT2D eigenvalue weighted by molar-refractivity contribution is 5.85. The van der Waals surface area contributed by atoms with Crippen molar-refractivity contribution in [3.8, 4) is 5.69 Å². The summed E-state index contributed by atoms with van der Waals surface area (Å²) in [6, 6.07) is 9.45. The molecular formula is C20H12F5N3. The van der Waals surface area contributed by atoms with Gasteiger partial charge in [0.1, 0.15) is 17.3 Å². The smallest absolute Gasteiger partial charge is 0.237 e. The maximum absolute atomic E-state index is 13.9. The molecule has 0 saturated heterocycles. The van der Waals surface area contributed by atoms with Gasteiger partial charge in [-0.15, -0.1) is 0 Å². The van der Waals surface area contributed by atoms with Crippen LogP contribution in [0.3, 0.4) is 0 Å². The highest BCUT2D eigenvalue weighted by atomic mass is 19.4. The first-order valence-electron chi connectivity index (χ1n) is 7.98. The standard InChI is InChI=1S/C20H12F5N3/c1-12-9-19(20(23,24)25)28(27-12)15-6-3-13(4-7-15)10-18(26-2)16-11-14(21)5-8-17(16)22/h3-11H,1H3/b18-10-. The lowest BCUT2D eigenvalue weighted by molar-refractivity contribution is -0.142. The van der Waals surface area contributed by atoms with Crippen molar-refractivity contribution in [3.05, 3.63) is 94.1 Å². The van der Waals surface area contributed by atoms with Crippen molar-refractivity contribution in [1.29, 1.82) is 0 Å². The summed E-state index contributed by atoms with van der Waals surface area (Å²) in [6.45, 7) is 8.68. The Morgan fingerprint density at radius 3 is 2.36 bits per heavy atom. The number of benzene rings is 2. The Morgan fingerprint density at radius 2 is 1.75 bits per heavy atom. The van der Waals surface area contributed by atoms with Crippen molar-refractivity contribution in [1.82, 2.24) is 9.78 Å². The van der Waals surface area contributed by atoms with E-state index < -0.39 is 23.5 Å². The van der Waals surface area contributed by atoms with E-state index in [-0.39, 0.29) is 22.6 Å². The van der Waals surface area contributed by atoms with Crippen molar-refractivity contribution in [3.63, 3.8) is 0 Å². The lowest BCUT2D eigenvalue weighted by Crippen LogP contribution is -2.13. The monoisotopic (exact) mass is 389 g/mol. The van der Waals surface area contributed by atoms with Gasteiger partial charge in [-0.3, -0.25) is 0 Å². The molecule has 3 rings (SSSR count). The highest BCUT2D eigenvalue weighted by Gasteiger charge is 2.35. The van der Waals surface area contributed by atoms with Gasteiger partial charge in [0.2, 0.25) is 0 Å². The van der Waals surface area contributed by atoms with E-state index in [2.05, 4.69) is 9.94 Å². The number of nitrogens with zero attached hydrogens (tertiary/aromatic N) is 3. The molecule has 1 aromatic heterocycles. The van der Waals surface area contributed by atoms with Crippen LogP contribution in [0.4, 0.5) is 22.0 Å². The van der Waals surface area contributed by atoms with Crippen molar-refractivity contribution < 1.29 is 22.0 Å². The summed E-state index contributed by atoms with van der Waals surface area (Å²) in [4.78, 5) is 3.22. The van der Waals surface area contributed by atoms with Gasteiger partial charge < -0.3 is 0 Å². The Hall–Kier alpha value is -3.47. The third-order valence-corrected chi connectivity index (χ3v) is 3.89. The summed E-state index contributed by atoms with van der Waals surface area (Å²) in [5.74, 6) is -1.43. The van der Waals surface area contributed by atoms with Crippen molar-refractivity contribution in [2.75, 3.05) is 0 Å². The fraction of sp³-hybridized carbons (Fsp3) is 0.100. The van der Waals surface area contributed by atoms with E-state index in [0.717, 1.165) is 28.9 Å². The average molecular weight is 389 g/mol. The van der Waals surface area contributed by atoms with Gasteiger partial charge in [0.15, 0.2) is 5.70 Å². The molecule has 0 N–H and O–H groups in total. The van der Waals surface area contributed by atoms with Gasteiger partial charge in [0, 0.05) is 5.56 Å². The topological polar surface area (TPSA) is 22.2 Å². The molecule has 0 fully saturated rings. The molecule has 0 aliphatic heterocycles. The second kappa shape index (κ2) is 7.27. The predicted octanol–water partition coefficient (Wildman–Crippen LogP) is 5.90. The normalized spacial score (nSPS) is 12.1. The van der Waals surface area contributed by atoms with Crippen LogP contribution in [-0.2, 0) is 6.18 Å². The number of hydrogen-bond acceptors (Lipinski definition) is 1. The van der Waals surface area contributed by atoms with Crippen LogP contribution < -0.4 is 0 Å². The molecule has 0 bridgehead atoms. The van der Waals surface area contributed by atoms with Crippen LogP contribution in [0.5, 0.6) is 0 Å². The van der Waals surface area contributed by atoms with E-state index in [4.69, 9.17) is 6.57 Å². The van der Waals surface area contributed by atoms with Crippen LogP contribution in [0.15, 0.2) is 48.5 Å². The largest absolute Gasteiger partial charge is 0.433 e. The van der Waals surface area contributed by atoms with Crippen LogP contribution in [0.1, 0.15) is 22.5 Å². The van der Waals surface area contributed by atoms with Gasteiger partial charge in [0.05, 0.1) is 18.0 Å². The predicted molar refractivity (Wildman–Crippen MR) is 94.1 cm³/mol. The van der Waals surface area contributed by atoms with E-state index in [1.54, 1.807) is 0 Å². The average Bonchev–Trinajstić information content (AvgIpc) is 3.05. The molecule has 0 unspecified atom stereocenters. The second-order valence-corrected chi connectivity index (χ2v) is 5.94. The van der Waals surface area contributed by atoms with Gasteiger partial charge in [-0.25, -0.2) is 18.3 Å². The summed E-state index contributed by atoms with van der Waals surface area (Å²) in [5.41, 5.74) is -0.392. The van der Waals surface area contributed by atoms with E-state index in [1.807, 2.05) is 0 Å². The molecule has 0 amide bonds. The van der Waals surface area contributed by atoms with Gasteiger partial charge in [-0.2, -0.15) is 18.3 Å². The zero-order chi connectivity index (χ0) is 20.5. The van der Waals surface area contributed by atoms with Crippen molar-refractivity contribution in [2.24, 2.45) is 0 Å². The Bertz CT molecular complexity index is 1090. The molecule has 142 valence electrons. The molecule has 3 nitrogen and oxygen atoms in total. The minimum absolute atomic E-state index is 0.129. The SMILES string of the molecule is [C-]#[N+]/C(=C\c1ccc(-n2nc(C)cc2C(F)(F)F)cc1)c1cc(F)ccc1F. The fourth-order valence-corrected chi connectivity index (χ4v) is 2.63. The molecule has 0 saturated carbocycles. The molecule has 28 heavy (non-hydrogen) atoms. The molecule has 0 spiro atoms. The van der Waals surface area contributed by atoms with Crippen LogP contribution in [-0.4, -0.2) is 9.78 Å². The minimum atomic E-state index is -4.56. The fourth-order valence-electron chi connectivity index (χ4n) is 2.63. The first-order valence-corrected chi connectivity index (χ1v) is 7.98.